The van der Waals surface area contributed by atoms with Crippen LogP contribution < -0.4 is 5.32 Å². The van der Waals surface area contributed by atoms with Crippen LogP contribution in [-0.2, 0) is 4.74 Å². The fourth-order valence-corrected chi connectivity index (χ4v) is 2.69. The smallest absolute Gasteiger partial charge is 0.169 e. The maximum absolute atomic E-state index is 5.72. The summed E-state index contributed by atoms with van der Waals surface area (Å²) in [7, 11) is 0. The molecule has 0 aromatic carbocycles. The van der Waals surface area contributed by atoms with E-state index in [9.17, 15) is 0 Å². The highest BCUT2D eigenvalue weighted by molar-refractivity contribution is 9.10. The van der Waals surface area contributed by atoms with E-state index in [0.29, 0.717) is 6.04 Å². The van der Waals surface area contributed by atoms with E-state index in [-0.39, 0.29) is 11.6 Å². The van der Waals surface area contributed by atoms with Crippen LogP contribution in [-0.4, -0.2) is 18.2 Å². The molecule has 0 aliphatic carbocycles. The van der Waals surface area contributed by atoms with Crippen LogP contribution in [0.3, 0.4) is 0 Å². The van der Waals surface area contributed by atoms with Crippen LogP contribution in [0.4, 0.5) is 0 Å². The maximum Gasteiger partial charge on any atom is 0.169 e. The quantitative estimate of drug-likeness (QED) is 0.925. The van der Waals surface area contributed by atoms with Gasteiger partial charge in [0, 0.05) is 12.6 Å². The molecule has 2 heterocycles. The van der Waals surface area contributed by atoms with Crippen LogP contribution in [0.1, 0.15) is 45.4 Å². The average molecular weight is 302 g/mol. The highest BCUT2D eigenvalue weighted by Crippen LogP contribution is 2.27. The van der Waals surface area contributed by atoms with E-state index in [1.165, 1.54) is 0 Å². The lowest BCUT2D eigenvalue weighted by Gasteiger charge is -2.36. The minimum absolute atomic E-state index is 0.0145. The molecule has 1 aliphatic heterocycles. The van der Waals surface area contributed by atoms with Gasteiger partial charge >= 0.3 is 0 Å². The molecule has 0 spiro atoms. The highest BCUT2D eigenvalue weighted by atomic mass is 79.9. The summed E-state index contributed by atoms with van der Waals surface area (Å²) in [6.07, 6.45) is 2.11. The Morgan fingerprint density at radius 2 is 2.24 bits per heavy atom. The van der Waals surface area contributed by atoms with E-state index < -0.39 is 0 Å². The minimum Gasteiger partial charge on any atom is -0.453 e. The number of hydrogen-bond donors (Lipinski definition) is 1. The second kappa shape index (κ2) is 5.12. The Labute approximate surface area is 111 Å². The summed E-state index contributed by atoms with van der Waals surface area (Å²) in [5.74, 6) is 0.973. The van der Waals surface area contributed by atoms with Crippen LogP contribution in [0, 0.1) is 0 Å². The molecule has 1 fully saturated rings. The Bertz CT molecular complexity index is 375. The largest absolute Gasteiger partial charge is 0.453 e. The number of ether oxygens (including phenoxy) is 1. The van der Waals surface area contributed by atoms with Gasteiger partial charge in [-0.05, 0) is 61.7 Å². The average Bonchev–Trinajstić information content (AvgIpc) is 2.63. The van der Waals surface area contributed by atoms with Crippen molar-refractivity contribution in [2.75, 3.05) is 6.61 Å². The van der Waals surface area contributed by atoms with Gasteiger partial charge in [0.05, 0.1) is 11.6 Å². The van der Waals surface area contributed by atoms with Gasteiger partial charge in [-0.1, -0.05) is 0 Å². The van der Waals surface area contributed by atoms with Gasteiger partial charge in [-0.25, -0.2) is 0 Å². The lowest BCUT2D eigenvalue weighted by atomic mass is 9.93. The van der Waals surface area contributed by atoms with Crippen LogP contribution in [0.5, 0.6) is 0 Å². The summed E-state index contributed by atoms with van der Waals surface area (Å²) in [6, 6.07) is 4.67. The predicted octanol–water partition coefficient (Wildman–Crippen LogP) is 3.65. The van der Waals surface area contributed by atoms with Crippen molar-refractivity contribution in [3.05, 3.63) is 22.6 Å². The lowest BCUT2D eigenvalue weighted by molar-refractivity contribution is -0.0642. The zero-order chi connectivity index (χ0) is 12.5. The fourth-order valence-electron chi connectivity index (χ4n) is 2.37. The van der Waals surface area contributed by atoms with Crippen molar-refractivity contribution >= 4 is 15.9 Å². The number of rotatable bonds is 3. The minimum atomic E-state index is -0.0145. The Morgan fingerprint density at radius 1 is 1.47 bits per heavy atom. The fraction of sp³-hybridized carbons (Fsp3) is 0.692. The summed E-state index contributed by atoms with van der Waals surface area (Å²) < 4.78 is 12.1. The Balaban J connectivity index is 1.92. The monoisotopic (exact) mass is 301 g/mol. The van der Waals surface area contributed by atoms with Crippen molar-refractivity contribution in [3.63, 3.8) is 0 Å². The van der Waals surface area contributed by atoms with Gasteiger partial charge in [0.1, 0.15) is 5.76 Å². The molecule has 0 saturated carbocycles. The summed E-state index contributed by atoms with van der Waals surface area (Å²) >= 11 is 3.33. The normalized spacial score (nSPS) is 25.8. The predicted molar refractivity (Wildman–Crippen MR) is 71.0 cm³/mol. The summed E-state index contributed by atoms with van der Waals surface area (Å²) in [4.78, 5) is 0. The molecule has 17 heavy (non-hydrogen) atoms. The van der Waals surface area contributed by atoms with E-state index >= 15 is 0 Å². The molecule has 2 unspecified atom stereocenters. The van der Waals surface area contributed by atoms with E-state index in [2.05, 4.69) is 42.0 Å². The molecular weight excluding hydrogens is 282 g/mol. The first kappa shape index (κ1) is 13.1. The first-order chi connectivity index (χ1) is 7.96. The van der Waals surface area contributed by atoms with Crippen molar-refractivity contribution in [1.29, 1.82) is 0 Å². The standard InChI is InChI=1S/C13H20BrNO2/c1-9(11-4-5-12(14)17-11)15-10-6-7-16-13(2,3)8-10/h4-5,9-10,15H,6-8H2,1-3H3. The maximum atomic E-state index is 5.72. The molecule has 1 aromatic rings. The third kappa shape index (κ3) is 3.57. The molecule has 1 aliphatic rings. The van der Waals surface area contributed by atoms with Gasteiger partial charge < -0.3 is 14.5 Å². The molecule has 3 nitrogen and oxygen atoms in total. The van der Waals surface area contributed by atoms with Gasteiger partial charge in [-0.3, -0.25) is 0 Å². The van der Waals surface area contributed by atoms with E-state index in [1.807, 2.05) is 12.1 Å². The molecule has 1 aromatic heterocycles. The number of nitrogens with one attached hydrogen (secondary N) is 1. The van der Waals surface area contributed by atoms with Crippen molar-refractivity contribution in [3.8, 4) is 0 Å². The van der Waals surface area contributed by atoms with E-state index in [4.69, 9.17) is 9.15 Å². The van der Waals surface area contributed by atoms with Crippen LogP contribution in [0.25, 0.3) is 0 Å². The topological polar surface area (TPSA) is 34.4 Å². The second-order valence-electron chi connectivity index (χ2n) is 5.33. The Morgan fingerprint density at radius 3 is 2.82 bits per heavy atom. The van der Waals surface area contributed by atoms with Crippen LogP contribution in [0.2, 0.25) is 0 Å². The van der Waals surface area contributed by atoms with Gasteiger partial charge in [0.15, 0.2) is 4.67 Å². The van der Waals surface area contributed by atoms with E-state index in [0.717, 1.165) is 29.9 Å². The SMILES string of the molecule is CC(NC1CCOC(C)(C)C1)c1ccc(Br)o1. The molecule has 0 radical (unpaired) electrons. The summed E-state index contributed by atoms with van der Waals surface area (Å²) in [6.45, 7) is 7.26. The van der Waals surface area contributed by atoms with Gasteiger partial charge in [0.25, 0.3) is 0 Å². The van der Waals surface area contributed by atoms with Crippen molar-refractivity contribution in [1.82, 2.24) is 5.32 Å². The van der Waals surface area contributed by atoms with Crippen LogP contribution in [0.15, 0.2) is 21.2 Å². The third-order valence-corrected chi connectivity index (χ3v) is 3.63. The van der Waals surface area contributed by atoms with Crippen LogP contribution >= 0.6 is 15.9 Å². The summed E-state index contributed by atoms with van der Waals surface area (Å²) in [5.41, 5.74) is -0.0145. The molecule has 1 N–H and O–H groups in total. The number of hydrogen-bond acceptors (Lipinski definition) is 3. The van der Waals surface area contributed by atoms with E-state index in [1.54, 1.807) is 0 Å². The Hall–Kier alpha value is -0.320. The van der Waals surface area contributed by atoms with Gasteiger partial charge in [-0.2, -0.15) is 0 Å². The molecule has 4 heteroatoms. The third-order valence-electron chi connectivity index (χ3n) is 3.20. The highest BCUT2D eigenvalue weighted by Gasteiger charge is 2.29. The first-order valence-electron chi connectivity index (χ1n) is 6.11. The van der Waals surface area contributed by atoms with Crippen molar-refractivity contribution in [2.24, 2.45) is 0 Å². The molecule has 1 saturated heterocycles. The molecule has 0 bridgehead atoms. The number of furan rings is 1. The Kier molecular flexibility index (Phi) is 3.95. The number of halogens is 1. The molecule has 0 amide bonds. The first-order valence-corrected chi connectivity index (χ1v) is 6.91. The molecule has 96 valence electrons. The zero-order valence-electron chi connectivity index (χ0n) is 10.6. The molecular formula is C13H20BrNO2. The van der Waals surface area contributed by atoms with Crippen molar-refractivity contribution in [2.45, 2.75) is 51.3 Å². The zero-order valence-corrected chi connectivity index (χ0v) is 12.2. The van der Waals surface area contributed by atoms with Crippen molar-refractivity contribution < 1.29 is 9.15 Å². The van der Waals surface area contributed by atoms with Gasteiger partial charge in [0.2, 0.25) is 0 Å². The summed E-state index contributed by atoms with van der Waals surface area (Å²) in [5, 5.41) is 3.61. The lowest BCUT2D eigenvalue weighted by Crippen LogP contribution is -2.44. The van der Waals surface area contributed by atoms with Gasteiger partial charge in [-0.15, -0.1) is 0 Å². The second-order valence-corrected chi connectivity index (χ2v) is 6.11. The molecule has 2 rings (SSSR count). The molecule has 2 atom stereocenters.